The Morgan fingerprint density at radius 3 is 2.53 bits per heavy atom. The molecule has 1 aliphatic carbocycles. The fraction of sp³-hybridized carbons (Fsp3) is 0.556. The normalized spacial score (nSPS) is 20.9. The van der Waals surface area contributed by atoms with Crippen molar-refractivity contribution in [3.63, 3.8) is 0 Å². The highest BCUT2D eigenvalue weighted by atomic mass is 16.2. The number of carbonyl (C=O) groups excluding carboxylic acids is 1. The number of hydrogen-bond donors (Lipinski definition) is 0. The molecule has 172 valence electrons. The Labute approximate surface area is 193 Å². The van der Waals surface area contributed by atoms with E-state index < -0.39 is 0 Å². The van der Waals surface area contributed by atoms with Gasteiger partial charge >= 0.3 is 0 Å². The molecular weight excluding hydrogens is 396 g/mol. The molecule has 0 bridgehead atoms. The number of aryl methyl sites for hydroxylation is 2. The van der Waals surface area contributed by atoms with Crippen LogP contribution in [0.5, 0.6) is 0 Å². The molecule has 32 heavy (non-hydrogen) atoms. The highest BCUT2D eigenvalue weighted by molar-refractivity contribution is 5.92. The molecule has 0 saturated carbocycles. The van der Waals surface area contributed by atoms with Gasteiger partial charge in [0.25, 0.3) is 5.91 Å². The van der Waals surface area contributed by atoms with Gasteiger partial charge in [0.15, 0.2) is 0 Å². The summed E-state index contributed by atoms with van der Waals surface area (Å²) in [5, 5.41) is 4.39. The van der Waals surface area contributed by atoms with Crippen LogP contribution >= 0.6 is 0 Å². The SMILES string of the molecule is Cc1cc(C(=O)N(C)[C@@H](Cc2ccccc2)C2CCN(C[C@@H]3CC=CCC3)CC2)n(C)n1. The van der Waals surface area contributed by atoms with E-state index in [4.69, 9.17) is 0 Å². The number of piperidine rings is 1. The van der Waals surface area contributed by atoms with E-state index in [2.05, 4.69) is 52.5 Å². The van der Waals surface area contributed by atoms with E-state index in [1.807, 2.05) is 32.0 Å². The van der Waals surface area contributed by atoms with Gasteiger partial charge in [0.2, 0.25) is 0 Å². The minimum Gasteiger partial charge on any atom is -0.337 e. The quantitative estimate of drug-likeness (QED) is 0.604. The van der Waals surface area contributed by atoms with Crippen molar-refractivity contribution < 1.29 is 4.79 Å². The molecule has 5 heteroatoms. The van der Waals surface area contributed by atoms with E-state index in [1.165, 1.54) is 31.4 Å². The summed E-state index contributed by atoms with van der Waals surface area (Å²) in [4.78, 5) is 18.1. The Kier molecular flexibility index (Phi) is 7.46. The minimum atomic E-state index is 0.0745. The van der Waals surface area contributed by atoms with Crippen molar-refractivity contribution in [3.8, 4) is 0 Å². The van der Waals surface area contributed by atoms with Gasteiger partial charge in [0.05, 0.1) is 5.69 Å². The molecule has 2 aliphatic rings. The first kappa shape index (κ1) is 22.8. The molecule has 1 aromatic carbocycles. The van der Waals surface area contributed by atoms with Gasteiger partial charge in [0.1, 0.15) is 5.69 Å². The number of allylic oxidation sites excluding steroid dienone is 2. The lowest BCUT2D eigenvalue weighted by Crippen LogP contribution is -2.48. The van der Waals surface area contributed by atoms with Gasteiger partial charge in [-0.25, -0.2) is 0 Å². The van der Waals surface area contributed by atoms with Crippen molar-refractivity contribution in [1.29, 1.82) is 0 Å². The summed E-state index contributed by atoms with van der Waals surface area (Å²) in [5.74, 6) is 1.40. The first-order valence-electron chi connectivity index (χ1n) is 12.2. The van der Waals surface area contributed by atoms with Gasteiger partial charge in [-0.05, 0) is 82.0 Å². The van der Waals surface area contributed by atoms with E-state index in [1.54, 1.807) is 4.68 Å². The summed E-state index contributed by atoms with van der Waals surface area (Å²) in [6.07, 6.45) is 11.7. The molecule has 0 N–H and O–H groups in total. The molecule has 1 amide bonds. The average Bonchev–Trinajstić information content (AvgIpc) is 3.16. The first-order chi connectivity index (χ1) is 15.5. The second kappa shape index (κ2) is 10.5. The summed E-state index contributed by atoms with van der Waals surface area (Å²) in [6.45, 7) is 5.45. The summed E-state index contributed by atoms with van der Waals surface area (Å²) in [5.41, 5.74) is 2.86. The van der Waals surface area contributed by atoms with Crippen molar-refractivity contribution in [2.45, 2.75) is 51.5 Å². The molecule has 1 fully saturated rings. The predicted octanol–water partition coefficient (Wildman–Crippen LogP) is 4.48. The van der Waals surface area contributed by atoms with Crippen molar-refractivity contribution in [2.24, 2.45) is 18.9 Å². The van der Waals surface area contributed by atoms with Crippen LogP contribution in [0.4, 0.5) is 0 Å². The maximum atomic E-state index is 13.4. The van der Waals surface area contributed by atoms with E-state index in [-0.39, 0.29) is 11.9 Å². The largest absolute Gasteiger partial charge is 0.337 e. The van der Waals surface area contributed by atoms with Crippen LogP contribution in [0.1, 0.15) is 53.8 Å². The predicted molar refractivity (Wildman–Crippen MR) is 130 cm³/mol. The van der Waals surface area contributed by atoms with Crippen LogP contribution < -0.4 is 0 Å². The maximum absolute atomic E-state index is 13.4. The summed E-state index contributed by atoms with van der Waals surface area (Å²) < 4.78 is 1.72. The summed E-state index contributed by atoms with van der Waals surface area (Å²) >= 11 is 0. The lowest BCUT2D eigenvalue weighted by atomic mass is 9.84. The van der Waals surface area contributed by atoms with Gasteiger partial charge in [-0.1, -0.05) is 42.5 Å². The van der Waals surface area contributed by atoms with E-state index >= 15 is 0 Å². The zero-order valence-electron chi connectivity index (χ0n) is 19.9. The number of likely N-dealkylation sites (N-methyl/N-ethyl adjacent to an activating group) is 1. The molecule has 5 nitrogen and oxygen atoms in total. The maximum Gasteiger partial charge on any atom is 0.272 e. The van der Waals surface area contributed by atoms with E-state index in [0.29, 0.717) is 11.6 Å². The molecule has 4 rings (SSSR count). The van der Waals surface area contributed by atoms with Crippen molar-refractivity contribution in [2.75, 3.05) is 26.7 Å². The fourth-order valence-corrected chi connectivity index (χ4v) is 5.53. The van der Waals surface area contributed by atoms with E-state index in [0.717, 1.165) is 44.0 Å². The standard InChI is InChI=1S/C27H38N4O/c1-21-18-26(30(3)28-21)27(32)29(2)25(19-22-10-6-4-7-11-22)24-14-16-31(17-15-24)20-23-12-8-5-9-13-23/h4-8,10-11,18,23-25H,9,12-17,19-20H2,1-3H3/t23-,25+/m1/s1. The van der Waals surface area contributed by atoms with Crippen molar-refractivity contribution in [3.05, 3.63) is 65.5 Å². The Balaban J connectivity index is 1.45. The van der Waals surface area contributed by atoms with E-state index in [9.17, 15) is 4.79 Å². The van der Waals surface area contributed by atoms with Crippen LogP contribution in [0.2, 0.25) is 0 Å². The number of hydrogen-bond acceptors (Lipinski definition) is 3. The third-order valence-corrected chi connectivity index (χ3v) is 7.40. The van der Waals surface area contributed by atoms with Crippen molar-refractivity contribution >= 4 is 5.91 Å². The first-order valence-corrected chi connectivity index (χ1v) is 12.2. The Morgan fingerprint density at radius 1 is 1.16 bits per heavy atom. The number of nitrogens with zero attached hydrogens (tertiary/aromatic N) is 4. The van der Waals surface area contributed by atoms with Crippen LogP contribution in [0.3, 0.4) is 0 Å². The summed E-state index contributed by atoms with van der Waals surface area (Å²) in [7, 11) is 3.85. The third kappa shape index (κ3) is 5.50. The van der Waals surface area contributed by atoms with Crippen LogP contribution in [0, 0.1) is 18.8 Å². The van der Waals surface area contributed by atoms with Gasteiger partial charge < -0.3 is 9.80 Å². The minimum absolute atomic E-state index is 0.0745. The molecule has 2 atom stereocenters. The highest BCUT2D eigenvalue weighted by Crippen LogP contribution is 2.29. The molecule has 1 saturated heterocycles. The average molecular weight is 435 g/mol. The summed E-state index contributed by atoms with van der Waals surface area (Å²) in [6, 6.07) is 12.7. The number of rotatable bonds is 7. The third-order valence-electron chi connectivity index (χ3n) is 7.40. The van der Waals surface area contributed by atoms with Crippen LogP contribution in [0.15, 0.2) is 48.6 Å². The number of carbonyl (C=O) groups is 1. The molecule has 1 aliphatic heterocycles. The Morgan fingerprint density at radius 2 is 1.91 bits per heavy atom. The Hall–Kier alpha value is -2.40. The second-order valence-corrected chi connectivity index (χ2v) is 9.76. The van der Waals surface area contributed by atoms with Gasteiger partial charge in [-0.15, -0.1) is 0 Å². The number of likely N-dealkylation sites (tertiary alicyclic amines) is 1. The zero-order chi connectivity index (χ0) is 22.5. The Bertz CT molecular complexity index is 911. The van der Waals surface area contributed by atoms with Gasteiger partial charge in [-0.2, -0.15) is 5.10 Å². The number of amides is 1. The van der Waals surface area contributed by atoms with Crippen molar-refractivity contribution in [1.82, 2.24) is 19.6 Å². The number of aromatic nitrogens is 2. The molecule has 2 heterocycles. The lowest BCUT2D eigenvalue weighted by Gasteiger charge is -2.41. The zero-order valence-corrected chi connectivity index (χ0v) is 19.9. The van der Waals surface area contributed by atoms with Crippen LogP contribution in [0.25, 0.3) is 0 Å². The molecule has 0 unspecified atom stereocenters. The lowest BCUT2D eigenvalue weighted by molar-refractivity contribution is 0.0566. The molecule has 0 spiro atoms. The van der Waals surface area contributed by atoms with Crippen LogP contribution in [-0.2, 0) is 13.5 Å². The topological polar surface area (TPSA) is 41.4 Å². The van der Waals surface area contributed by atoms with Gasteiger partial charge in [0, 0.05) is 26.7 Å². The second-order valence-electron chi connectivity index (χ2n) is 9.76. The molecule has 0 radical (unpaired) electrons. The van der Waals surface area contributed by atoms with Gasteiger partial charge in [-0.3, -0.25) is 9.48 Å². The number of benzene rings is 1. The van der Waals surface area contributed by atoms with Crippen LogP contribution in [-0.4, -0.2) is 58.2 Å². The molecule has 2 aromatic rings. The highest BCUT2D eigenvalue weighted by Gasteiger charge is 2.33. The monoisotopic (exact) mass is 434 g/mol. The molecular formula is C27H38N4O. The fourth-order valence-electron chi connectivity index (χ4n) is 5.53. The smallest absolute Gasteiger partial charge is 0.272 e. The molecule has 1 aromatic heterocycles.